The maximum atomic E-state index is 12.5. The quantitative estimate of drug-likeness (QED) is 0.210. The Kier molecular flexibility index (Phi) is 8.90. The van der Waals surface area contributed by atoms with Crippen LogP contribution in [0.5, 0.6) is 0 Å². The Morgan fingerprint density at radius 2 is 2.07 bits per heavy atom. The van der Waals surface area contributed by atoms with Crippen molar-refractivity contribution in [3.8, 4) is 0 Å². The maximum Gasteiger partial charge on any atom is 0.246 e. The lowest BCUT2D eigenvalue weighted by Gasteiger charge is -2.35. The summed E-state index contributed by atoms with van der Waals surface area (Å²) in [6.07, 6.45) is 3.57. The van der Waals surface area contributed by atoms with E-state index >= 15 is 0 Å². The molecule has 1 aromatic carbocycles. The molecule has 2 heterocycles. The summed E-state index contributed by atoms with van der Waals surface area (Å²) in [5.74, 6) is 1.70. The molecule has 10 heteroatoms. The normalized spacial score (nSPS) is 14.8. The number of aromatic nitrogens is 2. The van der Waals surface area contributed by atoms with Crippen molar-refractivity contribution in [1.82, 2.24) is 20.0 Å². The number of aliphatic imine (C=N–C) groups is 1. The molecule has 0 radical (unpaired) electrons. The number of rotatable bonds is 5. The Hall–Kier alpha value is -1.46. The van der Waals surface area contributed by atoms with Crippen LogP contribution in [-0.2, 0) is 11.8 Å². The molecule has 1 fully saturated rings. The van der Waals surface area contributed by atoms with Gasteiger partial charge in [-0.3, -0.25) is 14.5 Å². The first-order valence-electron chi connectivity index (χ1n) is 8.70. The number of guanidine groups is 1. The van der Waals surface area contributed by atoms with Gasteiger partial charge < -0.3 is 15.1 Å². The van der Waals surface area contributed by atoms with Gasteiger partial charge in [0, 0.05) is 55.6 Å². The summed E-state index contributed by atoms with van der Waals surface area (Å²) in [5.41, 5.74) is 0.837. The van der Waals surface area contributed by atoms with Crippen LogP contribution in [0.4, 0.5) is 5.69 Å². The van der Waals surface area contributed by atoms with E-state index in [9.17, 15) is 4.79 Å². The molecule has 1 aromatic heterocycles. The second-order valence-electron chi connectivity index (χ2n) is 6.12. The highest BCUT2D eigenvalue weighted by molar-refractivity contribution is 14.0. The van der Waals surface area contributed by atoms with E-state index in [4.69, 9.17) is 11.6 Å². The zero-order valence-corrected chi connectivity index (χ0v) is 19.7. The summed E-state index contributed by atoms with van der Waals surface area (Å²) in [4.78, 5) is 21.8. The highest BCUT2D eigenvalue weighted by Crippen LogP contribution is 2.20. The highest BCUT2D eigenvalue weighted by atomic mass is 127. The Morgan fingerprint density at radius 3 is 2.68 bits per heavy atom. The minimum absolute atomic E-state index is 0. The average molecular weight is 535 g/mol. The van der Waals surface area contributed by atoms with Gasteiger partial charge in [-0.2, -0.15) is 5.10 Å². The molecule has 7 nitrogen and oxygen atoms in total. The summed E-state index contributed by atoms with van der Waals surface area (Å²) in [6, 6.07) is 7.81. The topological polar surface area (TPSA) is 65.8 Å². The van der Waals surface area contributed by atoms with E-state index < -0.39 is 0 Å². The summed E-state index contributed by atoms with van der Waals surface area (Å²) in [6.45, 7) is 2.41. The summed E-state index contributed by atoms with van der Waals surface area (Å²) in [7, 11) is 3.59. The Morgan fingerprint density at radius 1 is 1.32 bits per heavy atom. The van der Waals surface area contributed by atoms with Crippen molar-refractivity contribution in [3.63, 3.8) is 0 Å². The van der Waals surface area contributed by atoms with Crippen LogP contribution in [0.1, 0.15) is 0 Å². The Labute approximate surface area is 191 Å². The Balaban J connectivity index is 0.00000280. The van der Waals surface area contributed by atoms with Gasteiger partial charge in [-0.05, 0) is 24.3 Å². The number of thioether (sulfide) groups is 1. The minimum atomic E-state index is 0. The van der Waals surface area contributed by atoms with Crippen molar-refractivity contribution >= 4 is 64.9 Å². The van der Waals surface area contributed by atoms with Gasteiger partial charge in [-0.25, -0.2) is 0 Å². The van der Waals surface area contributed by atoms with Gasteiger partial charge in [-0.1, -0.05) is 11.6 Å². The number of anilines is 1. The molecule has 2 aromatic rings. The number of halogens is 2. The standard InChI is InChI=1S/C18H23ClN6OS.HI/c1-20-18(21-7-10-27-16-5-3-14(19)4-6-16)24-8-9-25(17(26)13-24)15-11-22-23(2)12-15;/h3-6,11-12H,7-10,13H2,1-2H3,(H,20,21);1H. The van der Waals surface area contributed by atoms with Gasteiger partial charge in [0.2, 0.25) is 5.91 Å². The second kappa shape index (κ2) is 10.9. The Bertz CT molecular complexity index is 813. The van der Waals surface area contributed by atoms with Crippen molar-refractivity contribution in [3.05, 3.63) is 41.7 Å². The molecule has 0 bridgehead atoms. The van der Waals surface area contributed by atoms with Gasteiger partial charge in [0.1, 0.15) is 6.54 Å². The molecule has 0 atom stereocenters. The molecule has 0 saturated carbocycles. The van der Waals surface area contributed by atoms with Crippen LogP contribution in [0, 0.1) is 0 Å². The number of piperazine rings is 1. The molecule has 0 unspecified atom stereocenters. The van der Waals surface area contributed by atoms with Crippen LogP contribution < -0.4 is 10.2 Å². The molecule has 0 aliphatic carbocycles. The predicted molar refractivity (Wildman–Crippen MR) is 126 cm³/mol. The fourth-order valence-corrected chi connectivity index (χ4v) is 3.76. The SMILES string of the molecule is CN=C(NCCSc1ccc(Cl)cc1)N1CCN(c2cnn(C)c2)C(=O)C1.I. The zero-order valence-electron chi connectivity index (χ0n) is 15.8. The number of carbonyl (C=O) groups is 1. The van der Waals surface area contributed by atoms with Crippen LogP contribution in [0.2, 0.25) is 5.02 Å². The number of carbonyl (C=O) groups excluding carboxylic acids is 1. The minimum Gasteiger partial charge on any atom is -0.355 e. The third kappa shape index (κ3) is 6.02. The van der Waals surface area contributed by atoms with Crippen LogP contribution in [0.25, 0.3) is 0 Å². The van der Waals surface area contributed by atoms with Gasteiger partial charge in [0.15, 0.2) is 5.96 Å². The van der Waals surface area contributed by atoms with E-state index in [-0.39, 0.29) is 29.9 Å². The molecular weight excluding hydrogens is 511 g/mol. The first-order chi connectivity index (χ1) is 13.1. The highest BCUT2D eigenvalue weighted by Gasteiger charge is 2.27. The number of amides is 1. The third-order valence-corrected chi connectivity index (χ3v) is 5.47. The molecule has 1 aliphatic rings. The lowest BCUT2D eigenvalue weighted by atomic mass is 10.3. The van der Waals surface area contributed by atoms with Crippen LogP contribution in [0.15, 0.2) is 46.5 Å². The lowest BCUT2D eigenvalue weighted by Crippen LogP contribution is -2.55. The van der Waals surface area contributed by atoms with Gasteiger partial charge in [0.05, 0.1) is 11.9 Å². The van der Waals surface area contributed by atoms with Crippen molar-refractivity contribution in [2.75, 3.05) is 43.9 Å². The van der Waals surface area contributed by atoms with Crippen molar-refractivity contribution in [2.45, 2.75) is 4.90 Å². The first kappa shape index (κ1) is 22.8. The fraction of sp³-hybridized carbons (Fsp3) is 0.389. The fourth-order valence-electron chi connectivity index (χ4n) is 2.87. The van der Waals surface area contributed by atoms with E-state index in [0.29, 0.717) is 13.1 Å². The molecule has 0 spiro atoms. The van der Waals surface area contributed by atoms with Crippen molar-refractivity contribution in [2.24, 2.45) is 12.0 Å². The maximum absolute atomic E-state index is 12.5. The second-order valence-corrected chi connectivity index (χ2v) is 7.72. The smallest absolute Gasteiger partial charge is 0.246 e. The third-order valence-electron chi connectivity index (χ3n) is 4.20. The molecule has 1 N–H and O–H groups in total. The van der Waals surface area contributed by atoms with Gasteiger partial charge in [0.25, 0.3) is 0 Å². The molecule has 1 amide bonds. The monoisotopic (exact) mass is 534 g/mol. The summed E-state index contributed by atoms with van der Waals surface area (Å²) >= 11 is 7.65. The number of nitrogens with one attached hydrogen (secondary N) is 1. The van der Waals surface area contributed by atoms with E-state index in [1.807, 2.05) is 42.4 Å². The van der Waals surface area contributed by atoms with Gasteiger partial charge >= 0.3 is 0 Å². The number of aryl methyl sites for hydroxylation is 1. The van der Waals surface area contributed by atoms with Crippen molar-refractivity contribution in [1.29, 1.82) is 0 Å². The lowest BCUT2D eigenvalue weighted by molar-refractivity contribution is -0.120. The first-order valence-corrected chi connectivity index (χ1v) is 10.1. The summed E-state index contributed by atoms with van der Waals surface area (Å²) in [5, 5.41) is 8.23. The van der Waals surface area contributed by atoms with Crippen LogP contribution in [0.3, 0.4) is 0 Å². The number of hydrogen-bond acceptors (Lipinski definition) is 4. The zero-order chi connectivity index (χ0) is 19.2. The van der Waals surface area contributed by atoms with E-state index in [0.717, 1.165) is 35.5 Å². The van der Waals surface area contributed by atoms with Gasteiger partial charge in [-0.15, -0.1) is 35.7 Å². The van der Waals surface area contributed by atoms with E-state index in [1.54, 1.807) is 34.6 Å². The molecule has 28 heavy (non-hydrogen) atoms. The largest absolute Gasteiger partial charge is 0.355 e. The molecule has 1 aliphatic heterocycles. The number of hydrogen-bond donors (Lipinski definition) is 1. The van der Waals surface area contributed by atoms with E-state index in [1.165, 1.54) is 4.90 Å². The number of nitrogens with zero attached hydrogens (tertiary/aromatic N) is 5. The van der Waals surface area contributed by atoms with Crippen molar-refractivity contribution < 1.29 is 4.79 Å². The van der Waals surface area contributed by atoms with Crippen LogP contribution >= 0.6 is 47.3 Å². The molecule has 1 saturated heterocycles. The molecule has 152 valence electrons. The van der Waals surface area contributed by atoms with Crippen LogP contribution in [-0.4, -0.2) is 65.5 Å². The van der Waals surface area contributed by atoms with E-state index in [2.05, 4.69) is 15.4 Å². The average Bonchev–Trinajstić information content (AvgIpc) is 3.09. The number of benzene rings is 1. The summed E-state index contributed by atoms with van der Waals surface area (Å²) < 4.78 is 1.70. The molecular formula is C18H24ClIN6OS. The predicted octanol–water partition coefficient (Wildman–Crippen LogP) is 2.71. The molecule has 3 rings (SSSR count).